The summed E-state index contributed by atoms with van der Waals surface area (Å²) in [6, 6.07) is 6.81. The molecule has 0 radical (unpaired) electrons. The van der Waals surface area contributed by atoms with Gasteiger partial charge in [-0.15, -0.1) is 0 Å². The number of thiocarbonyl (C=S) groups is 1. The first-order valence-electron chi connectivity index (χ1n) is 6.88. The molecule has 2 rings (SSSR count). The normalized spacial score (nSPS) is 18.4. The van der Waals surface area contributed by atoms with Gasteiger partial charge in [-0.05, 0) is 24.5 Å². The third-order valence-electron chi connectivity index (χ3n) is 3.33. The SMILES string of the molecule is Cc1cccc(C=C2SC(=S)N(C(C(=O)O)C(C)C)C2=O)c1. The molecule has 0 aliphatic carbocycles. The van der Waals surface area contributed by atoms with E-state index < -0.39 is 12.0 Å². The number of hydrogen-bond donors (Lipinski definition) is 1. The van der Waals surface area contributed by atoms with Gasteiger partial charge in [-0.3, -0.25) is 9.69 Å². The summed E-state index contributed by atoms with van der Waals surface area (Å²) in [5, 5.41) is 9.37. The van der Waals surface area contributed by atoms with Gasteiger partial charge in [-0.2, -0.15) is 0 Å². The van der Waals surface area contributed by atoms with Crippen LogP contribution < -0.4 is 0 Å². The molecule has 1 amide bonds. The number of rotatable bonds is 4. The smallest absolute Gasteiger partial charge is 0.327 e. The first-order chi connectivity index (χ1) is 10.3. The Bertz CT molecular complexity index is 667. The number of amides is 1. The second-order valence-electron chi connectivity index (χ2n) is 5.49. The Morgan fingerprint density at radius 1 is 1.41 bits per heavy atom. The molecular weight excluding hydrogens is 318 g/mol. The van der Waals surface area contributed by atoms with Crippen LogP contribution in [0.5, 0.6) is 0 Å². The summed E-state index contributed by atoms with van der Waals surface area (Å²) in [6.45, 7) is 5.50. The lowest BCUT2D eigenvalue weighted by Crippen LogP contribution is -2.47. The van der Waals surface area contributed by atoms with E-state index in [0.29, 0.717) is 9.23 Å². The van der Waals surface area contributed by atoms with Crippen molar-refractivity contribution in [3.05, 3.63) is 40.3 Å². The van der Waals surface area contributed by atoms with E-state index >= 15 is 0 Å². The molecule has 1 atom stereocenters. The van der Waals surface area contributed by atoms with Crippen LogP contribution in [0.1, 0.15) is 25.0 Å². The fraction of sp³-hybridized carbons (Fsp3) is 0.312. The lowest BCUT2D eigenvalue weighted by molar-refractivity contribution is -0.146. The highest BCUT2D eigenvalue weighted by atomic mass is 32.2. The molecule has 4 nitrogen and oxygen atoms in total. The Labute approximate surface area is 139 Å². The third kappa shape index (κ3) is 3.39. The zero-order valence-electron chi connectivity index (χ0n) is 12.6. The summed E-state index contributed by atoms with van der Waals surface area (Å²) in [5.41, 5.74) is 1.99. The minimum absolute atomic E-state index is 0.224. The maximum absolute atomic E-state index is 12.5. The van der Waals surface area contributed by atoms with Crippen LogP contribution in [0.4, 0.5) is 0 Å². The van der Waals surface area contributed by atoms with Gasteiger partial charge in [0, 0.05) is 0 Å². The van der Waals surface area contributed by atoms with Gasteiger partial charge in [0.05, 0.1) is 4.91 Å². The molecule has 1 aliphatic heterocycles. The van der Waals surface area contributed by atoms with Crippen LogP contribution in [-0.4, -0.2) is 32.2 Å². The Balaban J connectivity index is 2.34. The standard InChI is InChI=1S/C16H17NO3S2/c1-9(2)13(15(19)20)17-14(18)12(22-16(17)21)8-11-6-4-5-10(3)7-11/h4-9,13H,1-3H3,(H,19,20). The van der Waals surface area contributed by atoms with Crippen molar-refractivity contribution in [1.29, 1.82) is 0 Å². The third-order valence-corrected chi connectivity index (χ3v) is 4.66. The van der Waals surface area contributed by atoms with Gasteiger partial charge in [0.1, 0.15) is 10.4 Å². The molecular formula is C16H17NO3S2. The molecule has 1 saturated heterocycles. The number of thioether (sulfide) groups is 1. The molecule has 116 valence electrons. The van der Waals surface area contributed by atoms with Gasteiger partial charge in [0.15, 0.2) is 0 Å². The minimum atomic E-state index is -1.04. The summed E-state index contributed by atoms with van der Waals surface area (Å²) in [4.78, 5) is 25.7. The molecule has 1 heterocycles. The fourth-order valence-corrected chi connectivity index (χ4v) is 3.65. The van der Waals surface area contributed by atoms with Crippen LogP contribution >= 0.6 is 24.0 Å². The van der Waals surface area contributed by atoms with Crippen LogP contribution in [0.25, 0.3) is 6.08 Å². The Hall–Kier alpha value is -1.66. The van der Waals surface area contributed by atoms with Crippen molar-refractivity contribution in [3.8, 4) is 0 Å². The monoisotopic (exact) mass is 335 g/mol. The number of hydrogen-bond acceptors (Lipinski definition) is 4. The average molecular weight is 335 g/mol. The van der Waals surface area contributed by atoms with E-state index in [1.165, 1.54) is 4.90 Å². The highest BCUT2D eigenvalue weighted by Gasteiger charge is 2.41. The number of carbonyl (C=O) groups is 2. The number of aliphatic carboxylic acids is 1. The summed E-state index contributed by atoms with van der Waals surface area (Å²) in [7, 11) is 0. The number of carbonyl (C=O) groups excluding carboxylic acids is 1. The van der Waals surface area contributed by atoms with Gasteiger partial charge < -0.3 is 5.11 Å². The molecule has 1 aromatic carbocycles. The topological polar surface area (TPSA) is 57.6 Å². The molecule has 1 aliphatic rings. The Kier molecular flexibility index (Phi) is 5.03. The van der Waals surface area contributed by atoms with Crippen LogP contribution in [0.15, 0.2) is 29.2 Å². The molecule has 1 fully saturated rings. The molecule has 22 heavy (non-hydrogen) atoms. The van der Waals surface area contributed by atoms with Crippen molar-refractivity contribution in [2.75, 3.05) is 0 Å². The molecule has 1 unspecified atom stereocenters. The van der Waals surface area contributed by atoms with E-state index in [-0.39, 0.29) is 11.8 Å². The Morgan fingerprint density at radius 2 is 2.09 bits per heavy atom. The second kappa shape index (κ2) is 6.62. The lowest BCUT2D eigenvalue weighted by Gasteiger charge is -2.26. The molecule has 1 N–H and O–H groups in total. The Morgan fingerprint density at radius 3 is 2.64 bits per heavy atom. The van der Waals surface area contributed by atoms with Gasteiger partial charge in [0.25, 0.3) is 5.91 Å². The largest absolute Gasteiger partial charge is 0.480 e. The molecule has 0 bridgehead atoms. The van der Waals surface area contributed by atoms with Crippen molar-refractivity contribution >= 4 is 46.3 Å². The number of carboxylic acid groups (broad SMARTS) is 1. The molecule has 0 saturated carbocycles. The predicted molar refractivity (Wildman–Crippen MR) is 92.5 cm³/mol. The van der Waals surface area contributed by atoms with E-state index in [9.17, 15) is 14.7 Å². The minimum Gasteiger partial charge on any atom is -0.480 e. The van der Waals surface area contributed by atoms with E-state index in [0.717, 1.165) is 22.9 Å². The predicted octanol–water partition coefficient (Wildman–Crippen LogP) is 3.31. The van der Waals surface area contributed by atoms with Crippen molar-refractivity contribution in [2.24, 2.45) is 5.92 Å². The lowest BCUT2D eigenvalue weighted by atomic mass is 10.0. The van der Waals surface area contributed by atoms with Crippen molar-refractivity contribution in [1.82, 2.24) is 4.90 Å². The number of aryl methyl sites for hydroxylation is 1. The maximum Gasteiger partial charge on any atom is 0.327 e. The van der Waals surface area contributed by atoms with Crippen molar-refractivity contribution in [3.63, 3.8) is 0 Å². The van der Waals surface area contributed by atoms with E-state index in [4.69, 9.17) is 12.2 Å². The zero-order valence-corrected chi connectivity index (χ0v) is 14.2. The van der Waals surface area contributed by atoms with Gasteiger partial charge in [-0.1, -0.05) is 67.7 Å². The second-order valence-corrected chi connectivity index (χ2v) is 7.17. The highest BCUT2D eigenvalue weighted by molar-refractivity contribution is 8.26. The first kappa shape index (κ1) is 16.7. The van der Waals surface area contributed by atoms with Crippen LogP contribution in [0, 0.1) is 12.8 Å². The van der Waals surface area contributed by atoms with Gasteiger partial charge in [-0.25, -0.2) is 4.79 Å². The average Bonchev–Trinajstić information content (AvgIpc) is 2.66. The number of benzene rings is 1. The summed E-state index contributed by atoms with van der Waals surface area (Å²) in [5.74, 6) is -1.60. The van der Waals surface area contributed by atoms with Gasteiger partial charge in [0.2, 0.25) is 0 Å². The summed E-state index contributed by atoms with van der Waals surface area (Å²) in [6.07, 6.45) is 1.76. The first-order valence-corrected chi connectivity index (χ1v) is 8.10. The van der Waals surface area contributed by atoms with Crippen LogP contribution in [-0.2, 0) is 9.59 Å². The van der Waals surface area contributed by atoms with Crippen LogP contribution in [0.2, 0.25) is 0 Å². The van der Waals surface area contributed by atoms with Crippen molar-refractivity contribution in [2.45, 2.75) is 26.8 Å². The van der Waals surface area contributed by atoms with E-state index in [1.54, 1.807) is 19.9 Å². The maximum atomic E-state index is 12.5. The quantitative estimate of drug-likeness (QED) is 0.676. The number of carboxylic acids is 1. The highest BCUT2D eigenvalue weighted by Crippen LogP contribution is 2.35. The molecule has 0 spiro atoms. The van der Waals surface area contributed by atoms with Crippen molar-refractivity contribution < 1.29 is 14.7 Å². The van der Waals surface area contributed by atoms with E-state index in [2.05, 4.69) is 0 Å². The molecule has 0 aromatic heterocycles. The van der Waals surface area contributed by atoms with Gasteiger partial charge >= 0.3 is 5.97 Å². The number of nitrogens with zero attached hydrogens (tertiary/aromatic N) is 1. The zero-order chi connectivity index (χ0) is 16.4. The molecule has 6 heteroatoms. The van der Waals surface area contributed by atoms with E-state index in [1.807, 2.05) is 31.2 Å². The summed E-state index contributed by atoms with van der Waals surface area (Å²) >= 11 is 6.37. The van der Waals surface area contributed by atoms with Crippen LogP contribution in [0.3, 0.4) is 0 Å². The summed E-state index contributed by atoms with van der Waals surface area (Å²) < 4.78 is 0.296. The molecule has 1 aromatic rings. The fourth-order valence-electron chi connectivity index (χ4n) is 2.32.